The summed E-state index contributed by atoms with van der Waals surface area (Å²) in [4.78, 5) is 3.32. The van der Waals surface area contributed by atoms with E-state index in [0.29, 0.717) is 22.4 Å². The third-order valence-corrected chi connectivity index (χ3v) is 3.23. The zero-order chi connectivity index (χ0) is 17.2. The number of oxime groups is 1. The smallest absolute Gasteiger partial charge is 0.410 e. The van der Waals surface area contributed by atoms with E-state index in [2.05, 4.69) is 19.8 Å². The molecule has 0 saturated carbocycles. The number of nitrogens with zero attached hydrogens (tertiary/aromatic N) is 3. The molecule has 3 aromatic rings. The maximum atomic E-state index is 12.5. The Morgan fingerprint density at radius 2 is 1.58 bits per heavy atom. The molecule has 122 valence electrons. The highest BCUT2D eigenvalue weighted by atomic mass is 19.4. The molecule has 0 atom stereocenters. The lowest BCUT2D eigenvalue weighted by Gasteiger charge is -2.05. The average Bonchev–Trinajstić information content (AvgIpc) is 3.08. The van der Waals surface area contributed by atoms with Crippen LogP contribution in [0.2, 0.25) is 0 Å². The molecule has 0 fully saturated rings. The zero-order valence-electron chi connectivity index (χ0n) is 12.0. The Morgan fingerprint density at radius 1 is 0.958 bits per heavy atom. The Bertz CT molecular complexity index is 856. The molecule has 8 heteroatoms. The normalized spacial score (nSPS) is 12.4. The number of hydrogen-bond donors (Lipinski definition) is 1. The molecule has 0 unspecified atom stereocenters. The first-order valence-corrected chi connectivity index (χ1v) is 6.78. The molecule has 1 N–H and O–H groups in total. The topological polar surface area (TPSA) is 71.5 Å². The number of alkyl halides is 3. The SMILES string of the molecule is O/N=C(\c1ccccc1)c1ccc(-c2noc(C(F)(F)F)n2)cc1. The maximum Gasteiger partial charge on any atom is 0.471 e. The van der Waals surface area contributed by atoms with Crippen LogP contribution in [-0.4, -0.2) is 21.1 Å². The number of aromatic nitrogens is 2. The van der Waals surface area contributed by atoms with Crippen LogP contribution in [0.1, 0.15) is 17.0 Å². The second-order valence-corrected chi connectivity index (χ2v) is 4.81. The van der Waals surface area contributed by atoms with Gasteiger partial charge in [-0.15, -0.1) is 0 Å². The summed E-state index contributed by atoms with van der Waals surface area (Å²) in [5.74, 6) is -1.57. The minimum atomic E-state index is -4.69. The van der Waals surface area contributed by atoms with Gasteiger partial charge in [0.15, 0.2) is 0 Å². The van der Waals surface area contributed by atoms with E-state index in [4.69, 9.17) is 0 Å². The van der Waals surface area contributed by atoms with Crippen molar-refractivity contribution in [3.8, 4) is 11.4 Å². The van der Waals surface area contributed by atoms with Gasteiger partial charge in [-0.1, -0.05) is 64.9 Å². The molecule has 24 heavy (non-hydrogen) atoms. The minimum Gasteiger partial charge on any atom is -0.410 e. The average molecular weight is 333 g/mol. The van der Waals surface area contributed by atoms with Gasteiger partial charge in [0.25, 0.3) is 0 Å². The molecular weight excluding hydrogens is 323 g/mol. The van der Waals surface area contributed by atoms with Crippen molar-refractivity contribution in [2.75, 3.05) is 0 Å². The predicted molar refractivity (Wildman–Crippen MR) is 78.6 cm³/mol. The van der Waals surface area contributed by atoms with E-state index in [1.807, 2.05) is 6.07 Å². The van der Waals surface area contributed by atoms with Gasteiger partial charge in [-0.05, 0) is 0 Å². The third-order valence-electron chi connectivity index (χ3n) is 3.23. The molecule has 0 saturated heterocycles. The highest BCUT2D eigenvalue weighted by Gasteiger charge is 2.38. The van der Waals surface area contributed by atoms with Gasteiger partial charge in [0.2, 0.25) is 5.82 Å². The number of halogens is 3. The molecule has 0 aliphatic heterocycles. The largest absolute Gasteiger partial charge is 0.471 e. The van der Waals surface area contributed by atoms with Crippen molar-refractivity contribution in [1.82, 2.24) is 10.1 Å². The Balaban J connectivity index is 1.89. The minimum absolute atomic E-state index is 0.170. The second-order valence-electron chi connectivity index (χ2n) is 4.81. The standard InChI is InChI=1S/C16H10F3N3O2/c17-16(18,19)15-20-14(22-24-15)12-8-6-11(7-9-12)13(21-23)10-4-2-1-3-5-10/h1-9,23H/b21-13+. The van der Waals surface area contributed by atoms with Crippen LogP contribution < -0.4 is 0 Å². The molecule has 0 radical (unpaired) electrons. The lowest BCUT2D eigenvalue weighted by atomic mass is 10.0. The summed E-state index contributed by atoms with van der Waals surface area (Å²) < 4.78 is 41.6. The Labute approximate surface area is 134 Å². The summed E-state index contributed by atoms with van der Waals surface area (Å²) in [6, 6.07) is 15.2. The fourth-order valence-electron chi connectivity index (χ4n) is 2.11. The fourth-order valence-corrected chi connectivity index (χ4v) is 2.11. The summed E-state index contributed by atoms with van der Waals surface area (Å²) in [6.07, 6.45) is -4.69. The monoisotopic (exact) mass is 333 g/mol. The lowest BCUT2D eigenvalue weighted by molar-refractivity contribution is -0.159. The molecule has 0 amide bonds. The van der Waals surface area contributed by atoms with Gasteiger partial charge < -0.3 is 9.73 Å². The van der Waals surface area contributed by atoms with Gasteiger partial charge in [0.1, 0.15) is 5.71 Å². The third kappa shape index (κ3) is 3.12. The molecule has 2 aromatic carbocycles. The maximum absolute atomic E-state index is 12.5. The van der Waals surface area contributed by atoms with Crippen LogP contribution in [0.15, 0.2) is 64.3 Å². The van der Waals surface area contributed by atoms with Gasteiger partial charge in [0.05, 0.1) is 0 Å². The van der Waals surface area contributed by atoms with Gasteiger partial charge in [-0.3, -0.25) is 0 Å². The van der Waals surface area contributed by atoms with E-state index in [9.17, 15) is 18.4 Å². The van der Waals surface area contributed by atoms with E-state index in [-0.39, 0.29) is 5.82 Å². The summed E-state index contributed by atoms with van der Waals surface area (Å²) in [7, 11) is 0. The van der Waals surface area contributed by atoms with Crippen LogP contribution >= 0.6 is 0 Å². The lowest BCUT2D eigenvalue weighted by Crippen LogP contribution is -2.05. The Morgan fingerprint density at radius 3 is 2.12 bits per heavy atom. The Kier molecular flexibility index (Phi) is 4.03. The first kappa shape index (κ1) is 15.7. The van der Waals surface area contributed by atoms with Crippen molar-refractivity contribution in [3.05, 3.63) is 71.6 Å². The van der Waals surface area contributed by atoms with Crippen molar-refractivity contribution < 1.29 is 22.9 Å². The van der Waals surface area contributed by atoms with Crippen LogP contribution in [0.4, 0.5) is 13.2 Å². The van der Waals surface area contributed by atoms with Crippen LogP contribution in [0.3, 0.4) is 0 Å². The van der Waals surface area contributed by atoms with Crippen molar-refractivity contribution in [1.29, 1.82) is 0 Å². The second kappa shape index (κ2) is 6.15. The number of hydrogen-bond acceptors (Lipinski definition) is 5. The quantitative estimate of drug-likeness (QED) is 0.447. The molecule has 5 nitrogen and oxygen atoms in total. The van der Waals surface area contributed by atoms with Crippen molar-refractivity contribution in [2.45, 2.75) is 6.18 Å². The number of benzene rings is 2. The van der Waals surface area contributed by atoms with Crippen LogP contribution in [0.25, 0.3) is 11.4 Å². The fraction of sp³-hybridized carbons (Fsp3) is 0.0625. The van der Waals surface area contributed by atoms with Crippen LogP contribution in [-0.2, 0) is 6.18 Å². The van der Waals surface area contributed by atoms with E-state index in [0.717, 1.165) is 0 Å². The zero-order valence-corrected chi connectivity index (χ0v) is 12.0. The molecule has 3 rings (SSSR count). The van der Waals surface area contributed by atoms with E-state index >= 15 is 0 Å². The van der Waals surface area contributed by atoms with Gasteiger partial charge in [-0.2, -0.15) is 18.2 Å². The molecule has 0 bridgehead atoms. The summed E-state index contributed by atoms with van der Waals surface area (Å²) in [6.45, 7) is 0. The summed E-state index contributed by atoms with van der Waals surface area (Å²) in [5.41, 5.74) is 1.98. The first-order valence-electron chi connectivity index (χ1n) is 6.78. The highest BCUT2D eigenvalue weighted by molar-refractivity contribution is 6.12. The van der Waals surface area contributed by atoms with E-state index in [1.165, 1.54) is 12.1 Å². The molecule has 1 aromatic heterocycles. The molecule has 0 aliphatic rings. The Hall–Kier alpha value is -3.16. The van der Waals surface area contributed by atoms with Crippen LogP contribution in [0, 0.1) is 0 Å². The van der Waals surface area contributed by atoms with E-state index < -0.39 is 12.1 Å². The first-order chi connectivity index (χ1) is 11.5. The highest BCUT2D eigenvalue weighted by Crippen LogP contribution is 2.29. The summed E-state index contributed by atoms with van der Waals surface area (Å²) >= 11 is 0. The molecule has 0 aliphatic carbocycles. The van der Waals surface area contributed by atoms with Crippen molar-refractivity contribution in [2.24, 2.45) is 5.16 Å². The van der Waals surface area contributed by atoms with Crippen molar-refractivity contribution in [3.63, 3.8) is 0 Å². The van der Waals surface area contributed by atoms with Crippen molar-refractivity contribution >= 4 is 5.71 Å². The molecule has 0 spiro atoms. The van der Waals surface area contributed by atoms with Gasteiger partial charge in [0, 0.05) is 16.7 Å². The molecular formula is C16H10F3N3O2. The predicted octanol–water partition coefficient (Wildman–Crippen LogP) is 3.98. The van der Waals surface area contributed by atoms with Crippen LogP contribution in [0.5, 0.6) is 0 Å². The number of rotatable bonds is 3. The van der Waals surface area contributed by atoms with Gasteiger partial charge >= 0.3 is 12.1 Å². The molecule has 1 heterocycles. The summed E-state index contributed by atoms with van der Waals surface area (Å²) in [5, 5.41) is 15.8. The van der Waals surface area contributed by atoms with E-state index in [1.54, 1.807) is 36.4 Å². The van der Waals surface area contributed by atoms with Gasteiger partial charge in [-0.25, -0.2) is 0 Å².